The zero-order valence-corrected chi connectivity index (χ0v) is 14.0. The van der Waals surface area contributed by atoms with Gasteiger partial charge in [-0.05, 0) is 60.7 Å². The molecule has 0 fully saturated rings. The monoisotopic (exact) mass is 292 g/mol. The molecular weight excluding hydrogens is 268 g/mol. The highest BCUT2D eigenvalue weighted by Gasteiger charge is 2.40. The van der Waals surface area contributed by atoms with Crippen molar-refractivity contribution in [1.29, 1.82) is 0 Å². The standard InChI is InChI=1S/C16H24O3Si/c1-16(2,3)20(4,5)19-14-10-12-8-6-7-11(12)9-13(14)15(17)18/h9-10H,6-8H2,1-5H3,(H,17,18). The summed E-state index contributed by atoms with van der Waals surface area (Å²) in [6.07, 6.45) is 3.12. The Morgan fingerprint density at radius 3 is 2.25 bits per heavy atom. The van der Waals surface area contributed by atoms with E-state index in [9.17, 15) is 9.90 Å². The van der Waals surface area contributed by atoms with E-state index in [1.54, 1.807) is 0 Å². The molecule has 2 rings (SSSR count). The lowest BCUT2D eigenvalue weighted by molar-refractivity contribution is 0.0694. The third kappa shape index (κ3) is 2.75. The van der Waals surface area contributed by atoms with Gasteiger partial charge in [-0.2, -0.15) is 0 Å². The van der Waals surface area contributed by atoms with Crippen molar-refractivity contribution < 1.29 is 14.3 Å². The first-order valence-electron chi connectivity index (χ1n) is 7.20. The Balaban J connectivity index is 2.43. The van der Waals surface area contributed by atoms with Crippen LogP contribution in [0.1, 0.15) is 48.7 Å². The number of carboxylic acid groups (broad SMARTS) is 1. The van der Waals surface area contributed by atoms with E-state index in [2.05, 4.69) is 33.9 Å². The Bertz CT molecular complexity index is 541. The summed E-state index contributed by atoms with van der Waals surface area (Å²) in [6.45, 7) is 10.8. The largest absolute Gasteiger partial charge is 0.543 e. The number of hydrogen-bond acceptors (Lipinski definition) is 2. The first kappa shape index (κ1) is 15.1. The molecule has 1 aliphatic carbocycles. The smallest absolute Gasteiger partial charge is 0.339 e. The van der Waals surface area contributed by atoms with Crippen LogP contribution in [0.5, 0.6) is 5.75 Å². The van der Waals surface area contributed by atoms with Gasteiger partial charge in [-0.1, -0.05) is 20.8 Å². The van der Waals surface area contributed by atoms with Crippen molar-refractivity contribution in [1.82, 2.24) is 0 Å². The van der Waals surface area contributed by atoms with Gasteiger partial charge in [0.05, 0.1) is 0 Å². The van der Waals surface area contributed by atoms with Gasteiger partial charge in [0.15, 0.2) is 0 Å². The zero-order valence-electron chi connectivity index (χ0n) is 13.0. The van der Waals surface area contributed by atoms with Crippen LogP contribution < -0.4 is 4.43 Å². The lowest BCUT2D eigenvalue weighted by Crippen LogP contribution is -2.44. The van der Waals surface area contributed by atoms with E-state index in [1.807, 2.05) is 12.1 Å². The Morgan fingerprint density at radius 2 is 1.75 bits per heavy atom. The first-order chi connectivity index (χ1) is 9.12. The fourth-order valence-corrected chi connectivity index (χ4v) is 3.31. The predicted molar refractivity (Wildman–Crippen MR) is 83.3 cm³/mol. The van der Waals surface area contributed by atoms with Crippen LogP contribution in [-0.2, 0) is 12.8 Å². The van der Waals surface area contributed by atoms with Gasteiger partial charge >= 0.3 is 5.97 Å². The number of fused-ring (bicyclic) bond motifs is 1. The van der Waals surface area contributed by atoms with Crippen molar-refractivity contribution in [3.8, 4) is 5.75 Å². The molecule has 1 N–H and O–H groups in total. The molecule has 0 atom stereocenters. The van der Waals surface area contributed by atoms with Gasteiger partial charge in [-0.15, -0.1) is 0 Å². The number of carboxylic acids is 1. The third-order valence-corrected chi connectivity index (χ3v) is 8.94. The van der Waals surface area contributed by atoms with Gasteiger partial charge in [0.25, 0.3) is 8.32 Å². The fourth-order valence-electron chi connectivity index (χ4n) is 2.28. The minimum absolute atomic E-state index is 0.0573. The minimum atomic E-state index is -2.02. The number of aromatic carboxylic acids is 1. The summed E-state index contributed by atoms with van der Waals surface area (Å²) in [5.74, 6) is -0.335. The second-order valence-electron chi connectivity index (χ2n) is 7.14. The number of rotatable bonds is 3. The molecule has 4 heteroatoms. The summed E-state index contributed by atoms with van der Waals surface area (Å²) >= 11 is 0. The van der Waals surface area contributed by atoms with E-state index >= 15 is 0 Å². The van der Waals surface area contributed by atoms with E-state index in [4.69, 9.17) is 4.43 Å². The third-order valence-electron chi connectivity index (χ3n) is 4.60. The van der Waals surface area contributed by atoms with Crippen molar-refractivity contribution in [2.75, 3.05) is 0 Å². The molecule has 0 bridgehead atoms. The number of benzene rings is 1. The molecule has 0 saturated heterocycles. The van der Waals surface area contributed by atoms with Crippen molar-refractivity contribution in [3.05, 3.63) is 28.8 Å². The highest BCUT2D eigenvalue weighted by Crippen LogP contribution is 2.39. The van der Waals surface area contributed by atoms with Crippen molar-refractivity contribution >= 4 is 14.3 Å². The molecule has 0 radical (unpaired) electrons. The minimum Gasteiger partial charge on any atom is -0.543 e. The van der Waals surface area contributed by atoms with Crippen LogP contribution in [0.25, 0.3) is 0 Å². The molecule has 3 nitrogen and oxygen atoms in total. The molecule has 110 valence electrons. The van der Waals surface area contributed by atoms with Crippen molar-refractivity contribution in [3.63, 3.8) is 0 Å². The molecule has 0 amide bonds. The number of aryl methyl sites for hydroxylation is 2. The summed E-state index contributed by atoms with van der Waals surface area (Å²) in [6, 6.07) is 3.78. The van der Waals surface area contributed by atoms with Gasteiger partial charge in [0.2, 0.25) is 0 Å². The first-order valence-corrected chi connectivity index (χ1v) is 10.1. The molecule has 1 aromatic rings. The second kappa shape index (κ2) is 4.92. The highest BCUT2D eigenvalue weighted by atomic mass is 28.4. The van der Waals surface area contributed by atoms with Crippen LogP contribution >= 0.6 is 0 Å². The molecule has 0 saturated carbocycles. The Labute approximate surface area is 122 Å². The van der Waals surface area contributed by atoms with Gasteiger partial charge in [-0.3, -0.25) is 0 Å². The summed E-state index contributed by atoms with van der Waals surface area (Å²) in [4.78, 5) is 11.5. The Hall–Kier alpha value is -1.29. The van der Waals surface area contributed by atoms with Crippen LogP contribution in [0.4, 0.5) is 0 Å². The van der Waals surface area contributed by atoms with E-state index < -0.39 is 14.3 Å². The van der Waals surface area contributed by atoms with Crippen molar-refractivity contribution in [2.24, 2.45) is 0 Å². The molecule has 0 aliphatic heterocycles. The lowest BCUT2D eigenvalue weighted by atomic mass is 10.1. The summed E-state index contributed by atoms with van der Waals surface area (Å²) in [5, 5.41) is 9.49. The Kier molecular flexibility index (Phi) is 3.71. The van der Waals surface area contributed by atoms with Crippen LogP contribution in [-0.4, -0.2) is 19.4 Å². The van der Waals surface area contributed by atoms with Gasteiger partial charge < -0.3 is 9.53 Å². The fraction of sp³-hybridized carbons (Fsp3) is 0.562. The molecule has 0 aromatic heterocycles. The van der Waals surface area contributed by atoms with Gasteiger partial charge in [0, 0.05) is 0 Å². The van der Waals surface area contributed by atoms with Crippen molar-refractivity contribution in [2.45, 2.75) is 58.2 Å². The van der Waals surface area contributed by atoms with E-state index in [1.165, 1.54) is 11.1 Å². The molecule has 1 aromatic carbocycles. The number of hydrogen-bond donors (Lipinski definition) is 1. The van der Waals surface area contributed by atoms with Crippen LogP contribution in [0.2, 0.25) is 18.1 Å². The van der Waals surface area contributed by atoms with E-state index in [0.717, 1.165) is 19.3 Å². The lowest BCUT2D eigenvalue weighted by Gasteiger charge is -2.37. The predicted octanol–water partition coefficient (Wildman–Crippen LogP) is 4.26. The van der Waals surface area contributed by atoms with Gasteiger partial charge in [0.1, 0.15) is 11.3 Å². The molecule has 1 aliphatic rings. The molecular formula is C16H24O3Si. The second-order valence-corrected chi connectivity index (χ2v) is 11.9. The van der Waals surface area contributed by atoms with E-state index in [0.29, 0.717) is 11.3 Å². The average molecular weight is 292 g/mol. The molecule has 20 heavy (non-hydrogen) atoms. The summed E-state index contributed by atoms with van der Waals surface area (Å²) < 4.78 is 6.24. The van der Waals surface area contributed by atoms with Crippen LogP contribution in [0, 0.1) is 0 Å². The topological polar surface area (TPSA) is 46.5 Å². The van der Waals surface area contributed by atoms with Crippen LogP contribution in [0.15, 0.2) is 12.1 Å². The van der Waals surface area contributed by atoms with Crippen LogP contribution in [0.3, 0.4) is 0 Å². The normalized spacial score (nSPS) is 15.1. The maximum Gasteiger partial charge on any atom is 0.339 e. The molecule has 0 spiro atoms. The quantitative estimate of drug-likeness (QED) is 0.847. The maximum atomic E-state index is 11.5. The molecule has 0 unspecified atom stereocenters. The highest BCUT2D eigenvalue weighted by molar-refractivity contribution is 6.74. The van der Waals surface area contributed by atoms with Gasteiger partial charge in [-0.25, -0.2) is 4.79 Å². The SMILES string of the molecule is CC(C)(C)[Si](C)(C)Oc1cc2c(cc1C(=O)O)CCC2. The Morgan fingerprint density at radius 1 is 1.20 bits per heavy atom. The summed E-state index contributed by atoms with van der Waals surface area (Å²) in [7, 11) is -2.02. The summed E-state index contributed by atoms with van der Waals surface area (Å²) in [5.41, 5.74) is 2.74. The zero-order chi connectivity index (χ0) is 15.1. The maximum absolute atomic E-state index is 11.5. The average Bonchev–Trinajstić information content (AvgIpc) is 2.72. The number of carbonyl (C=O) groups is 1. The molecule has 0 heterocycles. The van der Waals surface area contributed by atoms with E-state index in [-0.39, 0.29) is 5.04 Å².